The highest BCUT2D eigenvalue weighted by molar-refractivity contribution is 9.10. The van der Waals surface area contributed by atoms with Gasteiger partial charge in [-0.25, -0.2) is 4.79 Å². The van der Waals surface area contributed by atoms with Gasteiger partial charge >= 0.3 is 6.03 Å². The molecule has 2 aromatic rings. The number of nitrogens with zero attached hydrogens (tertiary/aromatic N) is 2. The van der Waals surface area contributed by atoms with Gasteiger partial charge in [-0.3, -0.25) is 4.79 Å². The lowest BCUT2D eigenvalue weighted by Gasteiger charge is -2.44. The fourth-order valence-corrected chi connectivity index (χ4v) is 5.92. The van der Waals surface area contributed by atoms with Crippen molar-refractivity contribution in [2.24, 2.45) is 0 Å². The minimum Gasteiger partial charge on any atom is -0.324 e. The molecule has 0 atom stereocenters. The van der Waals surface area contributed by atoms with E-state index in [0.29, 0.717) is 13.1 Å². The molecule has 0 bridgehead atoms. The molecular formula is C23H26BrN3O2S. The van der Waals surface area contributed by atoms with Crippen LogP contribution in [0.2, 0.25) is 0 Å². The number of piperidine rings is 1. The summed E-state index contributed by atoms with van der Waals surface area (Å²) >= 11 is 5.29. The quantitative estimate of drug-likeness (QED) is 0.626. The van der Waals surface area contributed by atoms with Crippen molar-refractivity contribution < 1.29 is 9.59 Å². The molecule has 0 unspecified atom stereocenters. The van der Waals surface area contributed by atoms with Crippen molar-refractivity contribution in [1.82, 2.24) is 9.80 Å². The number of benzene rings is 2. The maximum Gasteiger partial charge on any atom is 0.321 e. The molecule has 2 saturated heterocycles. The van der Waals surface area contributed by atoms with Crippen LogP contribution in [0, 0.1) is 13.8 Å². The lowest BCUT2D eigenvalue weighted by atomic mass is 10.0. The SMILES string of the molecule is Cc1cccc(NC(=O)N2CCC3(CC2)SCCN3C(=O)c2ccc(Br)cc2)c1C. The molecule has 2 fully saturated rings. The Bertz CT molecular complexity index is 955. The van der Waals surface area contributed by atoms with Gasteiger partial charge in [0.2, 0.25) is 0 Å². The van der Waals surface area contributed by atoms with Crippen LogP contribution in [-0.2, 0) is 0 Å². The van der Waals surface area contributed by atoms with Crippen LogP contribution in [-0.4, -0.2) is 52.0 Å². The summed E-state index contributed by atoms with van der Waals surface area (Å²) in [6, 6.07) is 13.4. The summed E-state index contributed by atoms with van der Waals surface area (Å²) in [6.07, 6.45) is 1.58. The first-order chi connectivity index (χ1) is 14.4. The van der Waals surface area contributed by atoms with Crippen molar-refractivity contribution in [2.45, 2.75) is 31.6 Å². The lowest BCUT2D eigenvalue weighted by Crippen LogP contribution is -2.54. The Hall–Kier alpha value is -1.99. The lowest BCUT2D eigenvalue weighted by molar-refractivity contribution is 0.0585. The van der Waals surface area contributed by atoms with Crippen molar-refractivity contribution in [3.05, 3.63) is 63.6 Å². The zero-order valence-corrected chi connectivity index (χ0v) is 19.7. The number of carbonyl (C=O) groups is 2. The Morgan fingerprint density at radius 3 is 2.43 bits per heavy atom. The maximum absolute atomic E-state index is 13.2. The molecular weight excluding hydrogens is 462 g/mol. The van der Waals surface area contributed by atoms with Gasteiger partial charge in [-0.15, -0.1) is 11.8 Å². The van der Waals surface area contributed by atoms with Gasteiger partial charge in [0.15, 0.2) is 0 Å². The van der Waals surface area contributed by atoms with Gasteiger partial charge in [0, 0.05) is 41.1 Å². The summed E-state index contributed by atoms with van der Waals surface area (Å²) in [5.41, 5.74) is 3.84. The minimum atomic E-state index is -0.208. The zero-order chi connectivity index (χ0) is 21.3. The van der Waals surface area contributed by atoms with Crippen LogP contribution in [0.15, 0.2) is 46.9 Å². The Balaban J connectivity index is 1.42. The number of amides is 3. The number of likely N-dealkylation sites (tertiary alicyclic amines) is 1. The highest BCUT2D eigenvalue weighted by atomic mass is 79.9. The first-order valence-corrected chi connectivity index (χ1v) is 12.0. The molecule has 2 aromatic carbocycles. The fraction of sp³-hybridized carbons (Fsp3) is 0.391. The van der Waals surface area contributed by atoms with Crippen LogP contribution in [0.5, 0.6) is 0 Å². The van der Waals surface area contributed by atoms with Gasteiger partial charge in [0.05, 0.1) is 4.87 Å². The summed E-state index contributed by atoms with van der Waals surface area (Å²) < 4.78 is 0.965. The topological polar surface area (TPSA) is 52.7 Å². The van der Waals surface area contributed by atoms with Crippen molar-refractivity contribution in [2.75, 3.05) is 30.7 Å². The number of urea groups is 1. The Labute approximate surface area is 190 Å². The van der Waals surface area contributed by atoms with E-state index in [1.165, 1.54) is 0 Å². The van der Waals surface area contributed by atoms with Crippen molar-refractivity contribution >= 4 is 45.3 Å². The Kier molecular flexibility index (Phi) is 6.11. The molecule has 7 heteroatoms. The van der Waals surface area contributed by atoms with Crippen molar-refractivity contribution in [3.8, 4) is 0 Å². The third kappa shape index (κ3) is 4.10. The van der Waals surface area contributed by atoms with Gasteiger partial charge < -0.3 is 15.1 Å². The van der Waals surface area contributed by atoms with Crippen molar-refractivity contribution in [3.63, 3.8) is 0 Å². The molecule has 0 saturated carbocycles. The van der Waals surface area contributed by atoms with E-state index in [1.54, 1.807) is 0 Å². The Morgan fingerprint density at radius 2 is 1.73 bits per heavy atom. The van der Waals surface area contributed by atoms with Gasteiger partial charge in [0.1, 0.15) is 0 Å². The first-order valence-electron chi connectivity index (χ1n) is 10.2. The van der Waals surface area contributed by atoms with E-state index >= 15 is 0 Å². The van der Waals surface area contributed by atoms with E-state index in [4.69, 9.17) is 0 Å². The summed E-state index contributed by atoms with van der Waals surface area (Å²) in [5.74, 6) is 1.03. The minimum absolute atomic E-state index is 0.0627. The molecule has 2 aliphatic rings. The van der Waals surface area contributed by atoms with Gasteiger partial charge in [-0.05, 0) is 68.1 Å². The van der Waals surface area contributed by atoms with E-state index in [-0.39, 0.29) is 16.8 Å². The third-order valence-electron chi connectivity index (χ3n) is 6.19. The predicted molar refractivity (Wildman–Crippen MR) is 126 cm³/mol. The van der Waals surface area contributed by atoms with Crippen LogP contribution in [0.25, 0.3) is 0 Å². The van der Waals surface area contributed by atoms with Gasteiger partial charge in [-0.1, -0.05) is 28.1 Å². The fourth-order valence-electron chi connectivity index (χ4n) is 4.20. The second-order valence-electron chi connectivity index (χ2n) is 7.92. The number of anilines is 1. The monoisotopic (exact) mass is 487 g/mol. The van der Waals surface area contributed by atoms with E-state index in [0.717, 1.165) is 52.0 Å². The van der Waals surface area contributed by atoms with Crippen LogP contribution in [0.1, 0.15) is 34.3 Å². The van der Waals surface area contributed by atoms with E-state index in [1.807, 2.05) is 77.9 Å². The van der Waals surface area contributed by atoms with Gasteiger partial charge in [-0.2, -0.15) is 0 Å². The number of aryl methyl sites for hydroxylation is 1. The molecule has 2 aliphatic heterocycles. The molecule has 2 heterocycles. The number of carbonyl (C=O) groups excluding carboxylic acids is 2. The number of nitrogens with one attached hydrogen (secondary N) is 1. The zero-order valence-electron chi connectivity index (χ0n) is 17.3. The first kappa shape index (κ1) is 21.2. The van der Waals surface area contributed by atoms with E-state index in [9.17, 15) is 9.59 Å². The number of halogens is 1. The number of hydrogen-bond acceptors (Lipinski definition) is 3. The number of rotatable bonds is 2. The predicted octanol–water partition coefficient (Wildman–Crippen LogP) is 5.28. The smallest absolute Gasteiger partial charge is 0.321 e. The van der Waals surface area contributed by atoms with Crippen molar-refractivity contribution in [1.29, 1.82) is 0 Å². The van der Waals surface area contributed by atoms with E-state index in [2.05, 4.69) is 21.2 Å². The normalized spacial score (nSPS) is 18.0. The highest BCUT2D eigenvalue weighted by Crippen LogP contribution is 2.44. The summed E-state index contributed by atoms with van der Waals surface area (Å²) in [6.45, 7) is 6.12. The van der Waals surface area contributed by atoms with Crippen LogP contribution < -0.4 is 5.32 Å². The second-order valence-corrected chi connectivity index (χ2v) is 10.3. The summed E-state index contributed by atoms with van der Waals surface area (Å²) in [4.78, 5) is 29.7. The van der Waals surface area contributed by atoms with Crippen LogP contribution in [0.3, 0.4) is 0 Å². The average molecular weight is 488 g/mol. The number of thioether (sulfide) groups is 1. The molecule has 5 nitrogen and oxygen atoms in total. The second kappa shape index (κ2) is 8.63. The van der Waals surface area contributed by atoms with Gasteiger partial charge in [0.25, 0.3) is 5.91 Å². The molecule has 4 rings (SSSR count). The molecule has 1 N–H and O–H groups in total. The molecule has 0 aromatic heterocycles. The Morgan fingerprint density at radius 1 is 1.03 bits per heavy atom. The van der Waals surface area contributed by atoms with Crippen LogP contribution in [0.4, 0.5) is 10.5 Å². The standard InChI is InChI=1S/C23H26BrN3O2S/c1-16-4-3-5-20(17(16)2)25-22(29)26-12-10-23(11-13-26)27(14-15-30-23)21(28)18-6-8-19(24)9-7-18/h3-9H,10-15H2,1-2H3,(H,25,29). The highest BCUT2D eigenvalue weighted by Gasteiger charge is 2.47. The summed E-state index contributed by atoms with van der Waals surface area (Å²) in [7, 11) is 0. The molecule has 0 aliphatic carbocycles. The average Bonchev–Trinajstić information content (AvgIpc) is 3.14. The van der Waals surface area contributed by atoms with E-state index < -0.39 is 0 Å². The third-order valence-corrected chi connectivity index (χ3v) is 8.27. The molecule has 158 valence electrons. The molecule has 1 spiro atoms. The maximum atomic E-state index is 13.2. The summed E-state index contributed by atoms with van der Waals surface area (Å²) in [5, 5.41) is 3.06. The largest absolute Gasteiger partial charge is 0.324 e. The van der Waals surface area contributed by atoms with Crippen LogP contribution >= 0.6 is 27.7 Å². The molecule has 3 amide bonds. The molecule has 30 heavy (non-hydrogen) atoms. The number of hydrogen-bond donors (Lipinski definition) is 1. The molecule has 0 radical (unpaired) electrons.